The van der Waals surface area contributed by atoms with E-state index >= 15 is 0 Å². The standard InChI is InChI=1S/C11H13ClN2O4/c1-18-11(15)4-5-13-7-8-2-3-9(14(16)17)6-10(8)12/h2-3,6,13H,4-5,7H2,1H3. The highest BCUT2D eigenvalue weighted by Gasteiger charge is 2.09. The molecule has 1 aromatic rings. The average Bonchev–Trinajstić information content (AvgIpc) is 2.35. The van der Waals surface area contributed by atoms with E-state index < -0.39 is 4.92 Å². The quantitative estimate of drug-likeness (QED) is 0.370. The van der Waals surface area contributed by atoms with Crippen molar-refractivity contribution in [3.05, 3.63) is 38.9 Å². The number of nitro groups is 1. The summed E-state index contributed by atoms with van der Waals surface area (Å²) in [4.78, 5) is 20.9. The van der Waals surface area contributed by atoms with E-state index in [4.69, 9.17) is 11.6 Å². The number of hydrogen-bond acceptors (Lipinski definition) is 5. The number of non-ortho nitro benzene ring substituents is 1. The van der Waals surface area contributed by atoms with Crippen molar-refractivity contribution in [2.75, 3.05) is 13.7 Å². The second-order valence-electron chi connectivity index (χ2n) is 3.54. The number of esters is 1. The molecule has 0 unspecified atom stereocenters. The van der Waals surface area contributed by atoms with Crippen molar-refractivity contribution >= 4 is 23.3 Å². The Morgan fingerprint density at radius 3 is 2.83 bits per heavy atom. The molecule has 1 rings (SSSR count). The molecule has 7 heteroatoms. The molecular weight excluding hydrogens is 260 g/mol. The van der Waals surface area contributed by atoms with Crippen molar-refractivity contribution in [2.45, 2.75) is 13.0 Å². The number of rotatable bonds is 6. The average molecular weight is 273 g/mol. The molecular formula is C11H13ClN2O4. The van der Waals surface area contributed by atoms with Gasteiger partial charge in [0.15, 0.2) is 0 Å². The third-order valence-electron chi connectivity index (χ3n) is 2.30. The summed E-state index contributed by atoms with van der Waals surface area (Å²) in [6, 6.07) is 4.29. The highest BCUT2D eigenvalue weighted by Crippen LogP contribution is 2.22. The molecule has 0 bridgehead atoms. The van der Waals surface area contributed by atoms with E-state index in [1.165, 1.54) is 19.2 Å². The predicted octanol–water partition coefficient (Wildman–Crippen LogP) is 1.90. The van der Waals surface area contributed by atoms with Gasteiger partial charge >= 0.3 is 5.97 Å². The van der Waals surface area contributed by atoms with Crippen LogP contribution in [0.15, 0.2) is 18.2 Å². The maximum absolute atomic E-state index is 10.8. The zero-order valence-electron chi connectivity index (χ0n) is 9.81. The summed E-state index contributed by atoms with van der Waals surface area (Å²) in [5.41, 5.74) is 0.699. The lowest BCUT2D eigenvalue weighted by Crippen LogP contribution is -2.18. The van der Waals surface area contributed by atoms with Gasteiger partial charge in [0.1, 0.15) is 0 Å². The number of hydrogen-bond donors (Lipinski definition) is 1. The number of nitrogens with zero attached hydrogens (tertiary/aromatic N) is 1. The molecule has 6 nitrogen and oxygen atoms in total. The van der Waals surface area contributed by atoms with Gasteiger partial charge < -0.3 is 10.1 Å². The zero-order valence-corrected chi connectivity index (χ0v) is 10.6. The van der Waals surface area contributed by atoms with Crippen molar-refractivity contribution in [3.8, 4) is 0 Å². The van der Waals surface area contributed by atoms with Crippen LogP contribution in [0.3, 0.4) is 0 Å². The lowest BCUT2D eigenvalue weighted by Gasteiger charge is -2.06. The van der Waals surface area contributed by atoms with E-state index in [2.05, 4.69) is 10.1 Å². The molecule has 98 valence electrons. The molecule has 0 heterocycles. The summed E-state index contributed by atoms with van der Waals surface area (Å²) < 4.78 is 4.49. The van der Waals surface area contributed by atoms with E-state index in [9.17, 15) is 14.9 Å². The van der Waals surface area contributed by atoms with Gasteiger partial charge in [-0.05, 0) is 11.6 Å². The first kappa shape index (κ1) is 14.4. The van der Waals surface area contributed by atoms with Gasteiger partial charge in [0.05, 0.1) is 23.5 Å². The summed E-state index contributed by atoms with van der Waals surface area (Å²) in [5, 5.41) is 13.8. The van der Waals surface area contributed by atoms with Gasteiger partial charge in [-0.1, -0.05) is 11.6 Å². The Morgan fingerprint density at radius 1 is 1.56 bits per heavy atom. The van der Waals surface area contributed by atoms with Crippen LogP contribution in [0.4, 0.5) is 5.69 Å². The highest BCUT2D eigenvalue weighted by molar-refractivity contribution is 6.31. The Kier molecular flexibility index (Phi) is 5.54. The molecule has 0 aromatic heterocycles. The SMILES string of the molecule is COC(=O)CCNCc1ccc([N+](=O)[O-])cc1Cl. The van der Waals surface area contributed by atoms with Crippen LogP contribution in [0.2, 0.25) is 5.02 Å². The topological polar surface area (TPSA) is 81.5 Å². The van der Waals surface area contributed by atoms with Gasteiger partial charge in [-0.15, -0.1) is 0 Å². The van der Waals surface area contributed by atoms with Crippen LogP contribution in [0.1, 0.15) is 12.0 Å². The monoisotopic (exact) mass is 272 g/mol. The first-order valence-corrected chi connectivity index (χ1v) is 5.62. The molecule has 1 N–H and O–H groups in total. The second-order valence-corrected chi connectivity index (χ2v) is 3.94. The number of carbonyl (C=O) groups excluding carboxylic acids is 1. The molecule has 18 heavy (non-hydrogen) atoms. The van der Waals surface area contributed by atoms with E-state index in [0.29, 0.717) is 18.1 Å². The maximum atomic E-state index is 10.8. The Labute approximate surface area is 109 Å². The first-order chi connectivity index (χ1) is 8.54. The van der Waals surface area contributed by atoms with Crippen molar-refractivity contribution in [3.63, 3.8) is 0 Å². The van der Waals surface area contributed by atoms with E-state index in [-0.39, 0.29) is 18.1 Å². The molecule has 0 saturated heterocycles. The van der Waals surface area contributed by atoms with Crippen LogP contribution < -0.4 is 5.32 Å². The minimum atomic E-state index is -0.500. The molecule has 0 saturated carbocycles. The Balaban J connectivity index is 2.48. The number of ether oxygens (including phenoxy) is 1. The summed E-state index contributed by atoms with van der Waals surface area (Å²) in [6.07, 6.45) is 0.265. The van der Waals surface area contributed by atoms with Crippen molar-refractivity contribution < 1.29 is 14.5 Å². The third-order valence-corrected chi connectivity index (χ3v) is 2.65. The minimum absolute atomic E-state index is 0.0432. The van der Waals surface area contributed by atoms with E-state index in [1.54, 1.807) is 6.07 Å². The van der Waals surface area contributed by atoms with Gasteiger partial charge in [-0.25, -0.2) is 0 Å². The number of benzene rings is 1. The lowest BCUT2D eigenvalue weighted by atomic mass is 10.2. The molecule has 0 fully saturated rings. The molecule has 0 aliphatic carbocycles. The summed E-state index contributed by atoms with van der Waals surface area (Å²) >= 11 is 5.91. The minimum Gasteiger partial charge on any atom is -0.469 e. The summed E-state index contributed by atoms with van der Waals surface area (Å²) in [7, 11) is 1.33. The van der Waals surface area contributed by atoms with E-state index in [0.717, 1.165) is 5.56 Å². The number of nitrogens with one attached hydrogen (secondary N) is 1. The highest BCUT2D eigenvalue weighted by atomic mass is 35.5. The Morgan fingerprint density at radius 2 is 2.28 bits per heavy atom. The van der Waals surface area contributed by atoms with Crippen LogP contribution in [-0.4, -0.2) is 24.5 Å². The maximum Gasteiger partial charge on any atom is 0.306 e. The summed E-state index contributed by atoms with van der Waals surface area (Å²) in [5.74, 6) is -0.294. The van der Waals surface area contributed by atoms with Gasteiger partial charge in [-0.2, -0.15) is 0 Å². The zero-order chi connectivity index (χ0) is 13.5. The van der Waals surface area contributed by atoms with Crippen LogP contribution in [0.5, 0.6) is 0 Å². The van der Waals surface area contributed by atoms with Crippen LogP contribution in [0.25, 0.3) is 0 Å². The largest absolute Gasteiger partial charge is 0.469 e. The van der Waals surface area contributed by atoms with Gasteiger partial charge in [0, 0.05) is 25.2 Å². The van der Waals surface area contributed by atoms with Crippen LogP contribution in [0, 0.1) is 10.1 Å². The Hall–Kier alpha value is -1.66. The Bertz CT molecular complexity index is 451. The van der Waals surface area contributed by atoms with Crippen LogP contribution in [-0.2, 0) is 16.1 Å². The fraction of sp³-hybridized carbons (Fsp3) is 0.364. The molecule has 0 aliphatic heterocycles. The summed E-state index contributed by atoms with van der Waals surface area (Å²) in [6.45, 7) is 0.897. The molecule has 1 aromatic carbocycles. The number of halogens is 1. The number of nitro benzene ring substituents is 1. The van der Waals surface area contributed by atoms with Crippen molar-refractivity contribution in [1.82, 2.24) is 5.32 Å². The number of methoxy groups -OCH3 is 1. The van der Waals surface area contributed by atoms with Crippen molar-refractivity contribution in [1.29, 1.82) is 0 Å². The fourth-order valence-corrected chi connectivity index (χ4v) is 1.55. The molecule has 0 amide bonds. The molecule has 0 atom stereocenters. The van der Waals surface area contributed by atoms with Crippen molar-refractivity contribution in [2.24, 2.45) is 0 Å². The third kappa shape index (κ3) is 4.31. The fourth-order valence-electron chi connectivity index (χ4n) is 1.31. The van der Waals surface area contributed by atoms with Crippen LogP contribution >= 0.6 is 11.6 Å². The number of carbonyl (C=O) groups is 1. The first-order valence-electron chi connectivity index (χ1n) is 5.25. The molecule has 0 radical (unpaired) electrons. The van der Waals surface area contributed by atoms with Gasteiger partial charge in [0.25, 0.3) is 5.69 Å². The van der Waals surface area contributed by atoms with E-state index in [1.807, 2.05) is 0 Å². The predicted molar refractivity (Wildman–Crippen MR) is 66.4 cm³/mol. The lowest BCUT2D eigenvalue weighted by molar-refractivity contribution is -0.384. The second kappa shape index (κ2) is 6.93. The normalized spacial score (nSPS) is 10.1. The van der Waals surface area contributed by atoms with Gasteiger partial charge in [0.2, 0.25) is 0 Å². The molecule has 0 spiro atoms. The van der Waals surface area contributed by atoms with Gasteiger partial charge in [-0.3, -0.25) is 14.9 Å². The molecule has 0 aliphatic rings. The smallest absolute Gasteiger partial charge is 0.306 e.